The van der Waals surface area contributed by atoms with E-state index in [9.17, 15) is 4.79 Å². The molecule has 1 aromatic heterocycles. The van der Waals surface area contributed by atoms with Crippen LogP contribution in [0.25, 0.3) is 11.3 Å². The zero-order chi connectivity index (χ0) is 24.8. The fourth-order valence-electron chi connectivity index (χ4n) is 4.03. The van der Waals surface area contributed by atoms with Crippen molar-refractivity contribution in [3.05, 3.63) is 48.0 Å². The summed E-state index contributed by atoms with van der Waals surface area (Å²) in [7, 11) is 3.15. The summed E-state index contributed by atoms with van der Waals surface area (Å²) in [5.41, 5.74) is 2.63. The standard InChI is InChI=1S/C26H30N4O4S/c1-5-6-7-10-15-35-26-27-24-23(28-29-26)19-11-8-9-12-20(19)30(17(2)31)25(34-24)18-13-14-21(32-3)22(16-18)33-4/h8-9,11-14,16,25H,5-7,10,15H2,1-4H3. The molecule has 9 heteroatoms. The van der Waals surface area contributed by atoms with E-state index in [1.165, 1.54) is 26.2 Å². The van der Waals surface area contributed by atoms with Gasteiger partial charge in [0, 0.05) is 23.8 Å². The number of carbonyl (C=O) groups is 1. The van der Waals surface area contributed by atoms with Gasteiger partial charge in [-0.1, -0.05) is 56.1 Å². The lowest BCUT2D eigenvalue weighted by atomic mass is 10.1. The molecule has 1 unspecified atom stereocenters. The molecule has 0 saturated heterocycles. The Morgan fingerprint density at radius 3 is 2.60 bits per heavy atom. The second-order valence-corrected chi connectivity index (χ2v) is 9.21. The van der Waals surface area contributed by atoms with Gasteiger partial charge in [-0.25, -0.2) is 0 Å². The molecule has 1 atom stereocenters. The summed E-state index contributed by atoms with van der Waals surface area (Å²) < 4.78 is 17.3. The maximum atomic E-state index is 13.0. The van der Waals surface area contributed by atoms with E-state index in [-0.39, 0.29) is 5.91 Å². The van der Waals surface area contributed by atoms with E-state index in [0.717, 1.165) is 17.7 Å². The van der Waals surface area contributed by atoms with Crippen LogP contribution in [0.1, 0.15) is 51.3 Å². The molecule has 4 rings (SSSR count). The Kier molecular flexibility index (Phi) is 8.07. The highest BCUT2D eigenvalue weighted by molar-refractivity contribution is 7.99. The van der Waals surface area contributed by atoms with Crippen molar-refractivity contribution in [2.45, 2.75) is 50.9 Å². The fourth-order valence-corrected chi connectivity index (χ4v) is 4.81. The summed E-state index contributed by atoms with van der Waals surface area (Å²) in [6.07, 6.45) is 3.90. The summed E-state index contributed by atoms with van der Waals surface area (Å²) >= 11 is 1.57. The number of rotatable bonds is 9. The molecule has 2 aromatic carbocycles. The van der Waals surface area contributed by atoms with Gasteiger partial charge >= 0.3 is 0 Å². The van der Waals surface area contributed by atoms with Crippen LogP contribution >= 0.6 is 11.8 Å². The van der Waals surface area contributed by atoms with Crippen LogP contribution in [0.4, 0.5) is 5.69 Å². The molecular weight excluding hydrogens is 464 g/mol. The van der Waals surface area contributed by atoms with E-state index in [0.29, 0.717) is 39.5 Å². The molecule has 0 saturated carbocycles. The second kappa shape index (κ2) is 11.4. The Hall–Kier alpha value is -3.33. The van der Waals surface area contributed by atoms with Gasteiger partial charge in [0.1, 0.15) is 0 Å². The van der Waals surface area contributed by atoms with Crippen molar-refractivity contribution >= 4 is 23.4 Å². The van der Waals surface area contributed by atoms with Gasteiger partial charge in [0.05, 0.1) is 19.9 Å². The molecule has 0 N–H and O–H groups in total. The Morgan fingerprint density at radius 2 is 1.86 bits per heavy atom. The summed E-state index contributed by atoms with van der Waals surface area (Å²) in [5, 5.41) is 9.38. The van der Waals surface area contributed by atoms with Crippen LogP contribution < -0.4 is 19.1 Å². The van der Waals surface area contributed by atoms with Crippen LogP contribution in [0.5, 0.6) is 17.4 Å². The molecule has 0 spiro atoms. The molecule has 2 heterocycles. The van der Waals surface area contributed by atoms with E-state index in [1.807, 2.05) is 36.4 Å². The van der Waals surface area contributed by atoms with Crippen LogP contribution in [-0.2, 0) is 4.79 Å². The lowest BCUT2D eigenvalue weighted by molar-refractivity contribution is -0.118. The predicted molar refractivity (Wildman–Crippen MR) is 136 cm³/mol. The smallest absolute Gasteiger partial charge is 0.247 e. The number of aromatic nitrogens is 3. The average Bonchev–Trinajstić information content (AvgIpc) is 3.02. The molecule has 3 aromatic rings. The topological polar surface area (TPSA) is 86.7 Å². The summed E-state index contributed by atoms with van der Waals surface area (Å²) in [6.45, 7) is 3.71. The van der Waals surface area contributed by atoms with Gasteiger partial charge in [0.25, 0.3) is 0 Å². The molecule has 8 nitrogen and oxygen atoms in total. The van der Waals surface area contributed by atoms with Gasteiger partial charge in [0.15, 0.2) is 17.2 Å². The number of anilines is 1. The van der Waals surface area contributed by atoms with Crippen molar-refractivity contribution in [2.24, 2.45) is 0 Å². The maximum absolute atomic E-state index is 13.0. The lowest BCUT2D eigenvalue weighted by Gasteiger charge is -2.30. The Balaban J connectivity index is 1.77. The van der Waals surface area contributed by atoms with Crippen molar-refractivity contribution in [2.75, 3.05) is 24.9 Å². The first-order valence-corrected chi connectivity index (χ1v) is 12.7. The van der Waals surface area contributed by atoms with Crippen LogP contribution in [-0.4, -0.2) is 41.1 Å². The third-order valence-electron chi connectivity index (χ3n) is 5.77. The third-order valence-corrected chi connectivity index (χ3v) is 6.70. The number of benzene rings is 2. The molecule has 0 radical (unpaired) electrons. The summed E-state index contributed by atoms with van der Waals surface area (Å²) in [4.78, 5) is 19.3. The van der Waals surface area contributed by atoms with Gasteiger partial charge in [0.2, 0.25) is 23.2 Å². The summed E-state index contributed by atoms with van der Waals surface area (Å²) in [6, 6.07) is 13.0. The van der Waals surface area contributed by atoms with Gasteiger partial charge in [-0.3, -0.25) is 9.69 Å². The number of para-hydroxylation sites is 1. The molecule has 1 amide bonds. The highest BCUT2D eigenvalue weighted by atomic mass is 32.2. The van der Waals surface area contributed by atoms with Gasteiger partial charge in [-0.05, 0) is 30.7 Å². The fraction of sp³-hybridized carbons (Fsp3) is 0.385. The monoisotopic (exact) mass is 494 g/mol. The third kappa shape index (κ3) is 5.35. The van der Waals surface area contributed by atoms with Crippen molar-refractivity contribution in [3.8, 4) is 28.6 Å². The van der Waals surface area contributed by atoms with E-state index in [4.69, 9.17) is 19.2 Å². The Bertz CT molecular complexity index is 1190. The first-order valence-electron chi connectivity index (χ1n) is 11.7. The number of fused-ring (bicyclic) bond motifs is 3. The highest BCUT2D eigenvalue weighted by Gasteiger charge is 2.35. The van der Waals surface area contributed by atoms with Gasteiger partial charge < -0.3 is 14.2 Å². The Morgan fingerprint density at radius 1 is 1.06 bits per heavy atom. The zero-order valence-corrected chi connectivity index (χ0v) is 21.3. The lowest BCUT2D eigenvalue weighted by Crippen LogP contribution is -2.36. The molecule has 35 heavy (non-hydrogen) atoms. The largest absolute Gasteiger partial charge is 0.493 e. The normalized spacial score (nSPS) is 14.4. The van der Waals surface area contributed by atoms with Crippen molar-refractivity contribution in [1.29, 1.82) is 0 Å². The van der Waals surface area contributed by atoms with Crippen LogP contribution in [0.15, 0.2) is 47.6 Å². The van der Waals surface area contributed by atoms with Gasteiger partial charge in [-0.2, -0.15) is 4.98 Å². The highest BCUT2D eigenvalue weighted by Crippen LogP contribution is 2.44. The molecule has 184 valence electrons. The maximum Gasteiger partial charge on any atom is 0.247 e. The van der Waals surface area contributed by atoms with E-state index in [1.54, 1.807) is 36.9 Å². The number of unbranched alkanes of at least 4 members (excludes halogenated alkanes) is 3. The minimum atomic E-state index is -0.784. The number of nitrogens with zero attached hydrogens (tertiary/aromatic N) is 4. The van der Waals surface area contributed by atoms with Crippen molar-refractivity contribution < 1.29 is 19.0 Å². The van der Waals surface area contributed by atoms with Gasteiger partial charge in [-0.15, -0.1) is 10.2 Å². The number of hydrogen-bond donors (Lipinski definition) is 0. The first-order chi connectivity index (χ1) is 17.1. The van der Waals surface area contributed by atoms with E-state index < -0.39 is 6.23 Å². The average molecular weight is 495 g/mol. The predicted octanol–water partition coefficient (Wildman–Crippen LogP) is 5.67. The summed E-state index contributed by atoms with van der Waals surface area (Å²) in [5.74, 6) is 2.20. The molecule has 1 aliphatic rings. The molecule has 0 fully saturated rings. The minimum Gasteiger partial charge on any atom is -0.493 e. The van der Waals surface area contributed by atoms with Crippen LogP contribution in [0, 0.1) is 0 Å². The zero-order valence-electron chi connectivity index (χ0n) is 20.5. The van der Waals surface area contributed by atoms with Crippen LogP contribution in [0.3, 0.4) is 0 Å². The first kappa shape index (κ1) is 24.8. The number of methoxy groups -OCH3 is 2. The molecule has 0 bridgehead atoms. The number of hydrogen-bond acceptors (Lipinski definition) is 8. The number of ether oxygens (including phenoxy) is 3. The molecule has 1 aliphatic heterocycles. The van der Waals surface area contributed by atoms with E-state index >= 15 is 0 Å². The van der Waals surface area contributed by atoms with Crippen LogP contribution in [0.2, 0.25) is 0 Å². The quantitative estimate of drug-likeness (QED) is 0.278. The number of amides is 1. The second-order valence-electron chi connectivity index (χ2n) is 8.15. The Labute approximate surface area is 210 Å². The number of carbonyl (C=O) groups excluding carboxylic acids is 1. The van der Waals surface area contributed by atoms with Crippen molar-refractivity contribution in [1.82, 2.24) is 15.2 Å². The van der Waals surface area contributed by atoms with Crippen molar-refractivity contribution in [3.63, 3.8) is 0 Å². The molecule has 0 aliphatic carbocycles. The number of thioether (sulfide) groups is 1. The SMILES string of the molecule is CCCCCCSc1nnc2c(n1)OC(c1ccc(OC)c(OC)c1)N(C(C)=O)c1ccccc1-2. The minimum absolute atomic E-state index is 0.177. The molecular formula is C26H30N4O4S. The van der Waals surface area contributed by atoms with E-state index in [2.05, 4.69) is 17.1 Å².